The highest BCUT2D eigenvalue weighted by molar-refractivity contribution is 5.32. The predicted molar refractivity (Wildman–Crippen MR) is 97.4 cm³/mol. The third-order valence-corrected chi connectivity index (χ3v) is 5.06. The van der Waals surface area contributed by atoms with Gasteiger partial charge in [0, 0.05) is 51.1 Å². The van der Waals surface area contributed by atoms with Crippen molar-refractivity contribution < 1.29 is 14.6 Å². The topological polar surface area (TPSA) is 64.8 Å². The van der Waals surface area contributed by atoms with Gasteiger partial charge in [0.15, 0.2) is 0 Å². The molecule has 1 aliphatic rings. The highest BCUT2D eigenvalue weighted by Gasteiger charge is 2.32. The van der Waals surface area contributed by atoms with Gasteiger partial charge in [-0.05, 0) is 31.0 Å². The molecule has 0 spiro atoms. The quantitative estimate of drug-likeness (QED) is 0.733. The number of nitrogens with zero attached hydrogens (tertiary/aromatic N) is 4. The Balaban J connectivity index is 1.62. The summed E-state index contributed by atoms with van der Waals surface area (Å²) in [4.78, 5) is 4.41. The SMILES string of the molecule is CN(CCO)C[C@@H]1CN(Cc2cnn(-c3ccccc3F)c2)C[C@@H]1CO. The van der Waals surface area contributed by atoms with E-state index in [-0.39, 0.29) is 24.9 Å². The normalized spacial score (nSPS) is 21.0. The maximum absolute atomic E-state index is 13.9. The molecule has 1 aromatic heterocycles. The first-order valence-corrected chi connectivity index (χ1v) is 9.01. The minimum absolute atomic E-state index is 0.145. The zero-order valence-electron chi connectivity index (χ0n) is 15.1. The van der Waals surface area contributed by atoms with Crippen LogP contribution in [-0.4, -0.2) is 76.2 Å². The van der Waals surface area contributed by atoms with Crippen LogP contribution in [0.2, 0.25) is 0 Å². The summed E-state index contributed by atoms with van der Waals surface area (Å²) >= 11 is 0. The highest BCUT2D eigenvalue weighted by Crippen LogP contribution is 2.25. The van der Waals surface area contributed by atoms with Gasteiger partial charge in [-0.25, -0.2) is 9.07 Å². The van der Waals surface area contributed by atoms with E-state index in [0.29, 0.717) is 18.2 Å². The van der Waals surface area contributed by atoms with E-state index in [1.165, 1.54) is 6.07 Å². The second-order valence-corrected chi connectivity index (χ2v) is 7.13. The van der Waals surface area contributed by atoms with E-state index in [9.17, 15) is 9.50 Å². The summed E-state index contributed by atoms with van der Waals surface area (Å²) in [6.07, 6.45) is 3.63. The molecule has 2 atom stereocenters. The first-order valence-electron chi connectivity index (χ1n) is 9.01. The molecule has 2 N–H and O–H groups in total. The molecule has 0 unspecified atom stereocenters. The van der Waals surface area contributed by atoms with Crippen LogP contribution in [0.25, 0.3) is 5.69 Å². The summed E-state index contributed by atoms with van der Waals surface area (Å²) in [7, 11) is 1.99. The van der Waals surface area contributed by atoms with Crippen LogP contribution in [0.5, 0.6) is 0 Å². The molecule has 2 aromatic rings. The van der Waals surface area contributed by atoms with Crippen molar-refractivity contribution in [1.29, 1.82) is 0 Å². The number of hydrogen-bond acceptors (Lipinski definition) is 5. The van der Waals surface area contributed by atoms with Gasteiger partial charge in [-0.3, -0.25) is 4.90 Å². The molecule has 1 saturated heterocycles. The Morgan fingerprint density at radius 1 is 1.23 bits per heavy atom. The predicted octanol–water partition coefficient (Wildman–Crippen LogP) is 0.976. The van der Waals surface area contributed by atoms with Gasteiger partial charge in [0.2, 0.25) is 0 Å². The molecule has 26 heavy (non-hydrogen) atoms. The number of likely N-dealkylation sites (N-methyl/N-ethyl adjacent to an activating group) is 1. The lowest BCUT2D eigenvalue weighted by Crippen LogP contribution is -2.32. The average Bonchev–Trinajstić information content (AvgIpc) is 3.22. The Labute approximate surface area is 153 Å². The summed E-state index contributed by atoms with van der Waals surface area (Å²) in [6.45, 7) is 4.27. The van der Waals surface area contributed by atoms with Crippen LogP contribution in [0.4, 0.5) is 4.39 Å². The first kappa shape index (κ1) is 19.0. The van der Waals surface area contributed by atoms with Crippen LogP contribution in [0, 0.1) is 17.7 Å². The average molecular weight is 362 g/mol. The Morgan fingerprint density at radius 2 is 2.00 bits per heavy atom. The third kappa shape index (κ3) is 4.48. The molecular weight excluding hydrogens is 335 g/mol. The van der Waals surface area contributed by atoms with Crippen molar-refractivity contribution >= 4 is 0 Å². The van der Waals surface area contributed by atoms with Crippen molar-refractivity contribution in [3.63, 3.8) is 0 Å². The molecule has 6 nitrogen and oxygen atoms in total. The maximum atomic E-state index is 13.9. The summed E-state index contributed by atoms with van der Waals surface area (Å²) in [5.41, 5.74) is 1.46. The zero-order chi connectivity index (χ0) is 18.5. The van der Waals surface area contributed by atoms with Gasteiger partial charge in [-0.2, -0.15) is 5.10 Å². The fourth-order valence-corrected chi connectivity index (χ4v) is 3.71. The zero-order valence-corrected chi connectivity index (χ0v) is 15.1. The van der Waals surface area contributed by atoms with Crippen LogP contribution in [-0.2, 0) is 6.54 Å². The molecule has 0 aliphatic carbocycles. The van der Waals surface area contributed by atoms with Crippen molar-refractivity contribution in [3.8, 4) is 5.69 Å². The molecule has 0 radical (unpaired) electrons. The van der Waals surface area contributed by atoms with Crippen molar-refractivity contribution in [2.45, 2.75) is 6.54 Å². The van der Waals surface area contributed by atoms with Gasteiger partial charge >= 0.3 is 0 Å². The van der Waals surface area contributed by atoms with Gasteiger partial charge in [0.05, 0.1) is 12.8 Å². The van der Waals surface area contributed by atoms with Crippen molar-refractivity contribution in [2.75, 3.05) is 46.4 Å². The van der Waals surface area contributed by atoms with E-state index in [4.69, 9.17) is 5.11 Å². The van der Waals surface area contributed by atoms with E-state index < -0.39 is 0 Å². The van der Waals surface area contributed by atoms with E-state index >= 15 is 0 Å². The Hall–Kier alpha value is -1.80. The molecule has 1 aromatic carbocycles. The number of likely N-dealkylation sites (tertiary alicyclic amines) is 1. The van der Waals surface area contributed by atoms with Crippen LogP contribution < -0.4 is 0 Å². The van der Waals surface area contributed by atoms with Crippen LogP contribution in [0.3, 0.4) is 0 Å². The summed E-state index contributed by atoms with van der Waals surface area (Å²) in [6, 6.07) is 6.59. The summed E-state index contributed by atoms with van der Waals surface area (Å²) in [5.74, 6) is 0.312. The smallest absolute Gasteiger partial charge is 0.148 e. The summed E-state index contributed by atoms with van der Waals surface area (Å²) in [5, 5.41) is 23.0. The fourth-order valence-electron chi connectivity index (χ4n) is 3.71. The van der Waals surface area contributed by atoms with Gasteiger partial charge in [0.1, 0.15) is 11.5 Å². The number of benzene rings is 1. The molecule has 142 valence electrons. The summed E-state index contributed by atoms with van der Waals surface area (Å²) < 4.78 is 15.5. The van der Waals surface area contributed by atoms with Crippen LogP contribution in [0.15, 0.2) is 36.7 Å². The third-order valence-electron chi connectivity index (χ3n) is 5.06. The minimum Gasteiger partial charge on any atom is -0.396 e. The Morgan fingerprint density at radius 3 is 2.73 bits per heavy atom. The number of rotatable bonds is 8. The minimum atomic E-state index is -0.296. The van der Waals surface area contributed by atoms with Crippen LogP contribution in [0.1, 0.15) is 5.56 Å². The maximum Gasteiger partial charge on any atom is 0.148 e. The fraction of sp³-hybridized carbons (Fsp3) is 0.526. The lowest BCUT2D eigenvalue weighted by molar-refractivity contribution is 0.160. The molecule has 2 heterocycles. The van der Waals surface area contributed by atoms with E-state index in [1.54, 1.807) is 29.1 Å². The molecule has 0 saturated carbocycles. The second-order valence-electron chi connectivity index (χ2n) is 7.13. The lowest BCUT2D eigenvalue weighted by atomic mass is 9.96. The molecule has 0 amide bonds. The number of aromatic nitrogens is 2. The van der Waals surface area contributed by atoms with Crippen molar-refractivity contribution in [3.05, 3.63) is 48.0 Å². The van der Waals surface area contributed by atoms with Crippen LogP contribution >= 0.6 is 0 Å². The monoisotopic (exact) mass is 362 g/mol. The molecule has 7 heteroatoms. The lowest BCUT2D eigenvalue weighted by Gasteiger charge is -2.23. The molecule has 1 aliphatic heterocycles. The van der Waals surface area contributed by atoms with E-state index in [2.05, 4.69) is 14.9 Å². The Kier molecular flexibility index (Phi) is 6.37. The molecule has 0 bridgehead atoms. The van der Waals surface area contributed by atoms with Gasteiger partial charge in [0.25, 0.3) is 0 Å². The van der Waals surface area contributed by atoms with E-state index in [1.807, 2.05) is 13.2 Å². The highest BCUT2D eigenvalue weighted by atomic mass is 19.1. The van der Waals surface area contributed by atoms with Crippen molar-refractivity contribution in [2.24, 2.45) is 11.8 Å². The molecule has 1 fully saturated rings. The number of para-hydroxylation sites is 1. The van der Waals surface area contributed by atoms with Crippen molar-refractivity contribution in [1.82, 2.24) is 19.6 Å². The van der Waals surface area contributed by atoms with Gasteiger partial charge < -0.3 is 15.1 Å². The number of aliphatic hydroxyl groups is 2. The molecule has 3 rings (SSSR count). The Bertz CT molecular complexity index is 708. The first-order chi connectivity index (χ1) is 12.6. The second kappa shape index (κ2) is 8.73. The largest absolute Gasteiger partial charge is 0.396 e. The van der Waals surface area contributed by atoms with Gasteiger partial charge in [-0.15, -0.1) is 0 Å². The molecular formula is C19H27FN4O2. The standard InChI is InChI=1S/C19H27FN4O2/c1-22(6-7-25)11-16-12-23(13-17(16)14-26)9-15-8-21-24(10-15)19-5-3-2-4-18(19)20/h2-5,8,10,16-17,25-26H,6-7,9,11-14H2,1H3/t16-,17-/m1/s1. The van der Waals surface area contributed by atoms with Gasteiger partial charge in [-0.1, -0.05) is 12.1 Å². The number of aliphatic hydroxyl groups excluding tert-OH is 2. The number of halogens is 1. The number of hydrogen-bond donors (Lipinski definition) is 2. The van der Waals surface area contributed by atoms with E-state index in [0.717, 1.165) is 31.7 Å².